The number of carboxylic acids is 1. The normalized spacial score (nSPS) is 7.29. The molecule has 0 bridgehead atoms. The summed E-state index contributed by atoms with van der Waals surface area (Å²) in [5.74, 6) is -0.935. The van der Waals surface area contributed by atoms with E-state index in [1.807, 2.05) is 55.5 Å². The largest absolute Gasteiger partial charge is 0.478 e. The van der Waals surface area contributed by atoms with Crippen molar-refractivity contribution in [1.82, 2.24) is 0 Å². The molecule has 3 nitrogen and oxygen atoms in total. The molecule has 1 N–H and O–H groups in total. The number of benzene rings is 1. The van der Waals surface area contributed by atoms with Crippen molar-refractivity contribution in [2.24, 2.45) is 0 Å². The van der Waals surface area contributed by atoms with Gasteiger partial charge in [0.15, 0.2) is 0 Å². The first-order chi connectivity index (χ1) is 9.97. The van der Waals surface area contributed by atoms with Crippen LogP contribution in [-0.2, 0) is 4.79 Å². The van der Waals surface area contributed by atoms with E-state index in [9.17, 15) is 4.79 Å². The number of hydrogen-bond donors (Lipinski definition) is 1. The Labute approximate surface area is 127 Å². The summed E-state index contributed by atoms with van der Waals surface area (Å²) in [6.45, 7) is 13.1. The third-order valence-corrected chi connectivity index (χ3v) is 1.45. The third kappa shape index (κ3) is 38.2. The van der Waals surface area contributed by atoms with E-state index >= 15 is 0 Å². The maximum atomic E-state index is 9.60. The minimum atomic E-state index is -0.935. The zero-order valence-electron chi connectivity index (χ0n) is 12.7. The van der Waals surface area contributed by atoms with Crippen LogP contribution in [0.5, 0.6) is 0 Å². The van der Waals surface area contributed by atoms with Gasteiger partial charge in [0.05, 0.1) is 6.07 Å². The summed E-state index contributed by atoms with van der Waals surface area (Å²) in [5.41, 5.74) is 0.176. The monoisotopic (exact) mass is 285 g/mol. The van der Waals surface area contributed by atoms with E-state index in [0.717, 1.165) is 0 Å². The molecule has 0 aliphatic carbocycles. The topological polar surface area (TPSA) is 61.1 Å². The first-order valence-electron chi connectivity index (χ1n) is 6.10. The van der Waals surface area contributed by atoms with Gasteiger partial charge in [-0.05, 0) is 13.8 Å². The minimum absolute atomic E-state index is 0.176. The lowest BCUT2D eigenvalue weighted by atomic mass is 10.4. The van der Waals surface area contributed by atoms with Gasteiger partial charge in [-0.15, -0.1) is 0 Å². The summed E-state index contributed by atoms with van der Waals surface area (Å²) in [6.07, 6.45) is 6.76. The maximum Gasteiger partial charge on any atom is 0.330 e. The molecule has 1 aromatic carbocycles. The van der Waals surface area contributed by atoms with Gasteiger partial charge in [0, 0.05) is 11.6 Å². The molecule has 0 aromatic heterocycles. The summed E-state index contributed by atoms with van der Waals surface area (Å²) in [4.78, 5) is 9.60. The van der Waals surface area contributed by atoms with Crippen molar-refractivity contribution in [1.29, 1.82) is 5.26 Å². The number of carbonyl (C=O) groups is 1. The maximum absolute atomic E-state index is 9.60. The Kier molecular flexibility index (Phi) is 24.7. The Hall–Kier alpha value is -2.86. The van der Waals surface area contributed by atoms with Gasteiger partial charge in [0.25, 0.3) is 0 Å². The van der Waals surface area contributed by atoms with Crippen LogP contribution in [0.4, 0.5) is 0 Å². The fourth-order valence-corrected chi connectivity index (χ4v) is 0.521. The molecule has 0 saturated carbocycles. The van der Waals surface area contributed by atoms with Gasteiger partial charge < -0.3 is 5.11 Å². The fourth-order valence-electron chi connectivity index (χ4n) is 0.521. The molecule has 1 rings (SSSR count). The summed E-state index contributed by atoms with van der Waals surface area (Å²) >= 11 is 0. The number of rotatable bonds is 2. The lowest BCUT2D eigenvalue weighted by molar-refractivity contribution is -0.132. The number of aliphatic carboxylic acids is 1. The molecular formula is C18H23NO2. The van der Waals surface area contributed by atoms with Gasteiger partial charge in [-0.1, -0.05) is 74.4 Å². The zero-order valence-corrected chi connectivity index (χ0v) is 12.7. The Morgan fingerprint density at radius 2 is 1.43 bits per heavy atom. The van der Waals surface area contributed by atoms with Gasteiger partial charge in [-0.25, -0.2) is 4.79 Å². The number of carboxylic acid groups (broad SMARTS) is 1. The number of nitriles is 1. The first-order valence-corrected chi connectivity index (χ1v) is 6.10. The molecule has 0 amide bonds. The van der Waals surface area contributed by atoms with Crippen LogP contribution in [-0.4, -0.2) is 11.1 Å². The van der Waals surface area contributed by atoms with E-state index in [-0.39, 0.29) is 5.57 Å². The third-order valence-electron chi connectivity index (χ3n) is 1.45. The second kappa shape index (κ2) is 22.3. The lowest BCUT2D eigenvalue weighted by Gasteiger charge is -1.79. The van der Waals surface area contributed by atoms with E-state index in [1.54, 1.807) is 12.1 Å². The molecule has 112 valence electrons. The van der Waals surface area contributed by atoms with Crippen molar-refractivity contribution < 1.29 is 9.90 Å². The van der Waals surface area contributed by atoms with Crippen LogP contribution in [0.3, 0.4) is 0 Å². The van der Waals surface area contributed by atoms with E-state index in [0.29, 0.717) is 0 Å². The molecular weight excluding hydrogens is 262 g/mol. The quantitative estimate of drug-likeness (QED) is 0.483. The van der Waals surface area contributed by atoms with Gasteiger partial charge in [0.1, 0.15) is 0 Å². The number of hydrogen-bond acceptors (Lipinski definition) is 2. The molecule has 0 aliphatic heterocycles. The average molecular weight is 285 g/mol. The SMILES string of the molecule is C=C(C)C(=O)O.C=C/C=C/C.C=CC#N.c1ccccc1. The molecule has 21 heavy (non-hydrogen) atoms. The van der Waals surface area contributed by atoms with E-state index in [4.69, 9.17) is 10.4 Å². The summed E-state index contributed by atoms with van der Waals surface area (Å²) in [7, 11) is 0. The van der Waals surface area contributed by atoms with Crippen LogP contribution in [0, 0.1) is 11.3 Å². The van der Waals surface area contributed by atoms with Crippen LogP contribution in [0.1, 0.15) is 13.8 Å². The second-order valence-corrected chi connectivity index (χ2v) is 3.33. The van der Waals surface area contributed by atoms with Crippen LogP contribution < -0.4 is 0 Å². The van der Waals surface area contributed by atoms with Crippen molar-refractivity contribution in [2.45, 2.75) is 13.8 Å². The molecule has 0 atom stereocenters. The molecule has 1 aromatic rings. The molecule has 0 unspecified atom stereocenters. The minimum Gasteiger partial charge on any atom is -0.478 e. The predicted octanol–water partition coefficient (Wildman–Crippen LogP) is 4.78. The molecule has 0 fully saturated rings. The molecule has 0 radical (unpaired) electrons. The van der Waals surface area contributed by atoms with Crippen LogP contribution in [0.15, 0.2) is 86.0 Å². The van der Waals surface area contributed by atoms with Crippen molar-refractivity contribution in [3.05, 3.63) is 86.0 Å². The van der Waals surface area contributed by atoms with E-state index < -0.39 is 5.97 Å². The number of nitrogens with zero attached hydrogens (tertiary/aromatic N) is 1. The lowest BCUT2D eigenvalue weighted by Crippen LogP contribution is -1.92. The molecule has 0 aliphatic rings. The molecule has 0 saturated heterocycles. The highest BCUT2D eigenvalue weighted by Gasteiger charge is 1.90. The second-order valence-electron chi connectivity index (χ2n) is 3.33. The fraction of sp³-hybridized carbons (Fsp3) is 0.111. The average Bonchev–Trinajstić information content (AvgIpc) is 2.51. The Morgan fingerprint density at radius 3 is 1.48 bits per heavy atom. The van der Waals surface area contributed by atoms with Crippen molar-refractivity contribution in [3.63, 3.8) is 0 Å². The molecule has 0 heterocycles. The van der Waals surface area contributed by atoms with E-state index in [1.165, 1.54) is 13.0 Å². The van der Waals surface area contributed by atoms with Gasteiger partial charge in [-0.2, -0.15) is 5.26 Å². The van der Waals surface area contributed by atoms with Gasteiger partial charge in [-0.3, -0.25) is 0 Å². The van der Waals surface area contributed by atoms with Crippen LogP contribution in [0.2, 0.25) is 0 Å². The highest BCUT2D eigenvalue weighted by atomic mass is 16.4. The molecule has 0 spiro atoms. The Balaban J connectivity index is -0.000000209. The van der Waals surface area contributed by atoms with Crippen LogP contribution >= 0.6 is 0 Å². The van der Waals surface area contributed by atoms with Crippen LogP contribution in [0.25, 0.3) is 0 Å². The van der Waals surface area contributed by atoms with Crippen molar-refractivity contribution in [2.75, 3.05) is 0 Å². The highest BCUT2D eigenvalue weighted by molar-refractivity contribution is 5.84. The first kappa shape index (κ1) is 23.2. The summed E-state index contributed by atoms with van der Waals surface area (Å²) in [5, 5.41) is 15.4. The predicted molar refractivity (Wildman–Crippen MR) is 89.7 cm³/mol. The smallest absolute Gasteiger partial charge is 0.330 e. The molecule has 3 heteroatoms. The summed E-state index contributed by atoms with van der Waals surface area (Å²) < 4.78 is 0. The van der Waals surface area contributed by atoms with Gasteiger partial charge in [0.2, 0.25) is 0 Å². The summed E-state index contributed by atoms with van der Waals surface area (Å²) in [6, 6.07) is 13.7. The number of allylic oxidation sites excluding steroid dienone is 4. The Bertz CT molecular complexity index is 415. The Morgan fingerprint density at radius 1 is 1.14 bits per heavy atom. The standard InChI is InChI=1S/C6H6.C5H8.C4H6O2.C3H3N/c1-2-4-6-5-3-1;1-3-5-4-2;1-3(2)4(5)6;1-2-3-4/h1-6H;3-5H,1H2,2H3;1H2,2H3,(H,5,6);2H,1H2/b;5-4+;;. The highest BCUT2D eigenvalue weighted by Crippen LogP contribution is 1.81. The van der Waals surface area contributed by atoms with Crippen molar-refractivity contribution in [3.8, 4) is 6.07 Å². The zero-order chi connectivity index (χ0) is 16.9. The van der Waals surface area contributed by atoms with E-state index in [2.05, 4.69) is 19.7 Å². The van der Waals surface area contributed by atoms with Gasteiger partial charge >= 0.3 is 5.97 Å². The van der Waals surface area contributed by atoms with Crippen molar-refractivity contribution >= 4 is 5.97 Å².